The Kier molecular flexibility index (Phi) is 8.80. The number of carbonyl (C=O) groups is 2. The van der Waals surface area contributed by atoms with Gasteiger partial charge >= 0.3 is 5.97 Å². The van der Waals surface area contributed by atoms with Gasteiger partial charge in [-0.1, -0.05) is 29.8 Å². The molecule has 0 heterocycles. The van der Waals surface area contributed by atoms with Crippen molar-refractivity contribution in [2.45, 2.75) is 18.7 Å². The molecule has 0 fully saturated rings. The minimum Gasteiger partial charge on any atom is -0.494 e. The van der Waals surface area contributed by atoms with Crippen LogP contribution >= 0.6 is 0 Å². The Balaban J connectivity index is 1.78. The van der Waals surface area contributed by atoms with E-state index in [1.165, 1.54) is 25.5 Å². The second-order valence-corrected chi connectivity index (χ2v) is 9.52. The van der Waals surface area contributed by atoms with E-state index >= 15 is 0 Å². The Morgan fingerprint density at radius 2 is 1.61 bits per heavy atom. The van der Waals surface area contributed by atoms with Crippen molar-refractivity contribution in [1.82, 2.24) is 5.43 Å². The predicted molar refractivity (Wildman–Crippen MR) is 137 cm³/mol. The average molecular weight is 510 g/mol. The Morgan fingerprint density at radius 3 is 2.19 bits per heavy atom. The molecule has 0 saturated carbocycles. The molecule has 1 amide bonds. The second kappa shape index (κ2) is 12.0. The van der Waals surface area contributed by atoms with Crippen LogP contribution in [0.15, 0.2) is 82.8 Å². The van der Waals surface area contributed by atoms with Crippen LogP contribution < -0.4 is 14.5 Å². The Hall–Kier alpha value is -4.18. The van der Waals surface area contributed by atoms with Gasteiger partial charge in [0, 0.05) is 0 Å². The quantitative estimate of drug-likeness (QED) is 0.254. The van der Waals surface area contributed by atoms with Crippen LogP contribution in [-0.4, -0.2) is 46.8 Å². The molecule has 0 aliphatic rings. The number of ether oxygens (including phenoxy) is 2. The smallest absolute Gasteiger partial charge is 0.337 e. The summed E-state index contributed by atoms with van der Waals surface area (Å²) in [7, 11) is -2.77. The van der Waals surface area contributed by atoms with Crippen LogP contribution in [0.4, 0.5) is 5.69 Å². The summed E-state index contributed by atoms with van der Waals surface area (Å²) >= 11 is 0. The van der Waals surface area contributed by atoms with E-state index in [-0.39, 0.29) is 4.90 Å². The van der Waals surface area contributed by atoms with Crippen LogP contribution in [0.3, 0.4) is 0 Å². The first-order chi connectivity index (χ1) is 17.2. The van der Waals surface area contributed by atoms with Crippen molar-refractivity contribution >= 4 is 33.8 Å². The molecule has 0 saturated heterocycles. The van der Waals surface area contributed by atoms with Crippen molar-refractivity contribution in [3.63, 3.8) is 0 Å². The lowest BCUT2D eigenvalue weighted by atomic mass is 10.1. The number of hydrazone groups is 1. The number of hydrogen-bond donors (Lipinski definition) is 1. The van der Waals surface area contributed by atoms with Gasteiger partial charge in [-0.25, -0.2) is 18.6 Å². The molecule has 3 aromatic carbocycles. The third kappa shape index (κ3) is 6.70. The van der Waals surface area contributed by atoms with Crippen LogP contribution in [0.25, 0.3) is 0 Å². The SMILES string of the molecule is CCOc1ccc(S(=O)(=O)N(CC(=O)N/N=C\c2ccc(C(=O)OC)cc2)c2ccc(C)cc2)cc1. The zero-order valence-electron chi connectivity index (χ0n) is 20.2. The average Bonchev–Trinajstić information content (AvgIpc) is 2.88. The fourth-order valence-electron chi connectivity index (χ4n) is 3.20. The van der Waals surface area contributed by atoms with Crippen LogP contribution in [0.5, 0.6) is 5.75 Å². The standard InChI is InChI=1S/C26H27N3O6S/c1-4-35-23-13-15-24(16-14-23)36(32,33)29(22-11-5-19(2)6-12-22)18-25(30)28-27-17-20-7-9-21(10-8-20)26(31)34-3/h5-17H,4,18H2,1-3H3,(H,28,30)/b27-17-. The van der Waals surface area contributed by atoms with Gasteiger partial charge in [-0.15, -0.1) is 0 Å². The molecule has 0 spiro atoms. The van der Waals surface area contributed by atoms with Crippen molar-refractivity contribution in [2.75, 3.05) is 24.6 Å². The number of carbonyl (C=O) groups excluding carboxylic acids is 2. The van der Waals surface area contributed by atoms with Crippen molar-refractivity contribution in [2.24, 2.45) is 5.10 Å². The molecule has 0 aliphatic carbocycles. The van der Waals surface area contributed by atoms with Crippen molar-refractivity contribution in [3.8, 4) is 5.75 Å². The maximum Gasteiger partial charge on any atom is 0.337 e. The normalized spacial score (nSPS) is 11.2. The number of nitrogens with one attached hydrogen (secondary N) is 1. The summed E-state index contributed by atoms with van der Waals surface area (Å²) < 4.78 is 38.0. The summed E-state index contributed by atoms with van der Waals surface area (Å²) in [5, 5.41) is 3.91. The van der Waals surface area contributed by atoms with Crippen LogP contribution in [-0.2, 0) is 19.6 Å². The van der Waals surface area contributed by atoms with Crippen LogP contribution in [0, 0.1) is 6.92 Å². The van der Waals surface area contributed by atoms with Crippen LogP contribution in [0.1, 0.15) is 28.4 Å². The fraction of sp³-hybridized carbons (Fsp3) is 0.192. The molecule has 0 radical (unpaired) electrons. The highest BCUT2D eigenvalue weighted by molar-refractivity contribution is 7.92. The predicted octanol–water partition coefficient (Wildman–Crippen LogP) is 3.53. The lowest BCUT2D eigenvalue weighted by Crippen LogP contribution is -2.39. The molecule has 10 heteroatoms. The van der Waals surface area contributed by atoms with Gasteiger partial charge in [0.15, 0.2) is 0 Å². The number of esters is 1. The minimum absolute atomic E-state index is 0.0218. The topological polar surface area (TPSA) is 114 Å². The van der Waals surface area contributed by atoms with E-state index in [2.05, 4.69) is 15.3 Å². The monoisotopic (exact) mass is 509 g/mol. The van der Waals surface area contributed by atoms with Crippen molar-refractivity contribution in [3.05, 3.63) is 89.5 Å². The maximum atomic E-state index is 13.5. The van der Waals surface area contributed by atoms with E-state index in [1.807, 2.05) is 13.8 Å². The number of nitrogens with zero attached hydrogens (tertiary/aromatic N) is 2. The summed E-state index contributed by atoms with van der Waals surface area (Å²) in [6, 6.07) is 19.2. The molecule has 0 atom stereocenters. The largest absolute Gasteiger partial charge is 0.494 e. The molecular formula is C26H27N3O6S. The molecule has 188 valence electrons. The van der Waals surface area contributed by atoms with E-state index in [9.17, 15) is 18.0 Å². The van der Waals surface area contributed by atoms with Gasteiger partial charge < -0.3 is 9.47 Å². The van der Waals surface area contributed by atoms with Gasteiger partial charge in [0.05, 0.1) is 36.1 Å². The molecular weight excluding hydrogens is 482 g/mol. The van der Waals surface area contributed by atoms with E-state index in [0.29, 0.717) is 29.2 Å². The molecule has 3 rings (SSSR count). The summed E-state index contributed by atoms with van der Waals surface area (Å²) in [6.07, 6.45) is 1.39. The van der Waals surface area contributed by atoms with E-state index in [1.54, 1.807) is 60.7 Å². The fourth-order valence-corrected chi connectivity index (χ4v) is 4.62. The zero-order valence-corrected chi connectivity index (χ0v) is 21.0. The molecule has 0 bridgehead atoms. The van der Waals surface area contributed by atoms with Gasteiger partial charge in [-0.05, 0) is 67.9 Å². The summed E-state index contributed by atoms with van der Waals surface area (Å²) in [6.45, 7) is 3.69. The number of amides is 1. The second-order valence-electron chi connectivity index (χ2n) is 7.66. The van der Waals surface area contributed by atoms with Gasteiger partial charge in [-0.3, -0.25) is 9.10 Å². The molecule has 3 aromatic rings. The number of anilines is 1. The Morgan fingerprint density at radius 1 is 0.972 bits per heavy atom. The molecule has 0 aliphatic heterocycles. The van der Waals surface area contributed by atoms with Gasteiger partial charge in [-0.2, -0.15) is 5.10 Å². The number of benzene rings is 3. The molecule has 1 N–H and O–H groups in total. The highest BCUT2D eigenvalue weighted by Gasteiger charge is 2.27. The first-order valence-corrected chi connectivity index (χ1v) is 12.5. The number of methoxy groups -OCH3 is 1. The number of rotatable bonds is 10. The first-order valence-electron chi connectivity index (χ1n) is 11.1. The lowest BCUT2D eigenvalue weighted by Gasteiger charge is -2.24. The summed E-state index contributed by atoms with van der Waals surface area (Å²) in [5.41, 5.74) is 4.65. The highest BCUT2D eigenvalue weighted by atomic mass is 32.2. The van der Waals surface area contributed by atoms with Gasteiger partial charge in [0.2, 0.25) is 0 Å². The van der Waals surface area contributed by atoms with E-state index < -0.39 is 28.4 Å². The molecule has 0 aromatic heterocycles. The first kappa shape index (κ1) is 26.4. The third-order valence-corrected chi connectivity index (χ3v) is 6.85. The third-order valence-electron chi connectivity index (χ3n) is 5.07. The number of aryl methyl sites for hydroxylation is 1. The van der Waals surface area contributed by atoms with E-state index in [0.717, 1.165) is 9.87 Å². The minimum atomic E-state index is -4.07. The van der Waals surface area contributed by atoms with E-state index in [4.69, 9.17) is 4.74 Å². The molecule has 9 nitrogen and oxygen atoms in total. The lowest BCUT2D eigenvalue weighted by molar-refractivity contribution is -0.119. The maximum absolute atomic E-state index is 13.5. The molecule has 0 unspecified atom stereocenters. The summed E-state index contributed by atoms with van der Waals surface area (Å²) in [5.74, 6) is -0.547. The van der Waals surface area contributed by atoms with Crippen molar-refractivity contribution in [1.29, 1.82) is 0 Å². The molecule has 36 heavy (non-hydrogen) atoms. The zero-order chi connectivity index (χ0) is 26.1. The number of hydrogen-bond acceptors (Lipinski definition) is 7. The van der Waals surface area contributed by atoms with Crippen molar-refractivity contribution < 1.29 is 27.5 Å². The Labute approximate surface area is 210 Å². The van der Waals surface area contributed by atoms with Crippen LogP contribution in [0.2, 0.25) is 0 Å². The summed E-state index contributed by atoms with van der Waals surface area (Å²) in [4.78, 5) is 24.2. The van der Waals surface area contributed by atoms with Gasteiger partial charge in [0.1, 0.15) is 12.3 Å². The van der Waals surface area contributed by atoms with Gasteiger partial charge in [0.25, 0.3) is 15.9 Å². The highest BCUT2D eigenvalue weighted by Crippen LogP contribution is 2.25. The Bertz CT molecular complexity index is 1320. The number of sulfonamides is 1.